The van der Waals surface area contributed by atoms with Crippen molar-refractivity contribution >= 4 is 11.6 Å². The fraction of sp³-hybridized carbons (Fsp3) is 0.389. The van der Waals surface area contributed by atoms with Crippen molar-refractivity contribution in [3.63, 3.8) is 0 Å². The van der Waals surface area contributed by atoms with Gasteiger partial charge in [0.15, 0.2) is 5.82 Å². The predicted octanol–water partition coefficient (Wildman–Crippen LogP) is 3.52. The minimum Gasteiger partial charge on any atom is -0.323 e. The van der Waals surface area contributed by atoms with Crippen LogP contribution in [0.2, 0.25) is 0 Å². The molecule has 2 saturated carbocycles. The molecule has 112 valence electrons. The molecule has 0 aliphatic heterocycles. The molecule has 4 nitrogen and oxygen atoms in total. The third-order valence-corrected chi connectivity index (χ3v) is 5.03. The second-order valence-corrected chi connectivity index (χ2v) is 6.43. The Kier molecular flexibility index (Phi) is 3.37. The second kappa shape index (κ2) is 5.52. The first-order valence-corrected chi connectivity index (χ1v) is 7.98. The average Bonchev–Trinajstić information content (AvgIpc) is 3.19. The first-order valence-electron chi connectivity index (χ1n) is 7.98. The van der Waals surface area contributed by atoms with Crippen molar-refractivity contribution in [2.24, 2.45) is 17.8 Å². The highest BCUT2D eigenvalue weighted by atomic mass is 16.1. The Morgan fingerprint density at radius 2 is 1.82 bits per heavy atom. The number of rotatable bonds is 3. The monoisotopic (exact) mass is 293 g/mol. The molecule has 3 atom stereocenters. The van der Waals surface area contributed by atoms with Gasteiger partial charge in [0.2, 0.25) is 5.91 Å². The molecule has 0 saturated heterocycles. The maximum absolute atomic E-state index is 12.4. The Morgan fingerprint density at radius 1 is 1.05 bits per heavy atom. The fourth-order valence-electron chi connectivity index (χ4n) is 3.93. The van der Waals surface area contributed by atoms with Crippen LogP contribution in [0.15, 0.2) is 42.7 Å². The Hall–Kier alpha value is -2.23. The maximum Gasteiger partial charge on any atom is 0.227 e. The van der Waals surface area contributed by atoms with E-state index in [1.807, 2.05) is 30.3 Å². The van der Waals surface area contributed by atoms with Gasteiger partial charge in [0, 0.05) is 11.5 Å². The summed E-state index contributed by atoms with van der Waals surface area (Å²) in [4.78, 5) is 21.1. The summed E-state index contributed by atoms with van der Waals surface area (Å²) in [7, 11) is 0. The minimum absolute atomic E-state index is 0.142. The summed E-state index contributed by atoms with van der Waals surface area (Å²) in [5.74, 6) is 2.38. The van der Waals surface area contributed by atoms with E-state index in [0.717, 1.165) is 17.9 Å². The first kappa shape index (κ1) is 13.4. The van der Waals surface area contributed by atoms with Gasteiger partial charge in [-0.25, -0.2) is 9.97 Å². The van der Waals surface area contributed by atoms with Gasteiger partial charge in [0.05, 0.1) is 18.1 Å². The molecule has 2 aliphatic carbocycles. The number of fused-ring (bicyclic) bond motifs is 2. The van der Waals surface area contributed by atoms with Gasteiger partial charge < -0.3 is 5.32 Å². The smallest absolute Gasteiger partial charge is 0.227 e. The molecule has 1 heterocycles. The van der Waals surface area contributed by atoms with Gasteiger partial charge in [-0.05, 0) is 31.1 Å². The molecular formula is C18H19N3O. The largest absolute Gasteiger partial charge is 0.323 e. The van der Waals surface area contributed by atoms with Crippen LogP contribution < -0.4 is 5.32 Å². The van der Waals surface area contributed by atoms with Crippen LogP contribution in [-0.2, 0) is 4.79 Å². The molecule has 0 radical (unpaired) electrons. The van der Waals surface area contributed by atoms with Crippen molar-refractivity contribution in [2.45, 2.75) is 25.7 Å². The lowest BCUT2D eigenvalue weighted by molar-refractivity contribution is -0.121. The van der Waals surface area contributed by atoms with Crippen LogP contribution in [0.4, 0.5) is 5.69 Å². The van der Waals surface area contributed by atoms with Gasteiger partial charge in [0.25, 0.3) is 0 Å². The Labute approximate surface area is 130 Å². The van der Waals surface area contributed by atoms with Crippen molar-refractivity contribution in [2.75, 3.05) is 5.32 Å². The van der Waals surface area contributed by atoms with Gasteiger partial charge in [0.1, 0.15) is 0 Å². The van der Waals surface area contributed by atoms with Crippen LogP contribution in [-0.4, -0.2) is 15.9 Å². The number of aromatic nitrogens is 2. The van der Waals surface area contributed by atoms with E-state index in [9.17, 15) is 4.79 Å². The summed E-state index contributed by atoms with van der Waals surface area (Å²) in [6.45, 7) is 0. The van der Waals surface area contributed by atoms with Crippen molar-refractivity contribution in [3.8, 4) is 11.4 Å². The highest BCUT2D eigenvalue weighted by Crippen LogP contribution is 2.48. The van der Waals surface area contributed by atoms with Crippen molar-refractivity contribution in [1.82, 2.24) is 9.97 Å². The summed E-state index contributed by atoms with van der Waals surface area (Å²) >= 11 is 0. The standard InChI is InChI=1S/C18H19N3O/c22-18(16-9-12-6-7-14(16)8-12)21-15-10-19-17(20-11-15)13-4-2-1-3-5-13/h1-5,10-12,14,16H,6-9H2,(H,21,22). The topological polar surface area (TPSA) is 54.9 Å². The van der Waals surface area contributed by atoms with E-state index in [1.165, 1.54) is 19.3 Å². The van der Waals surface area contributed by atoms with Crippen LogP contribution in [0.3, 0.4) is 0 Å². The van der Waals surface area contributed by atoms with Gasteiger partial charge in [-0.1, -0.05) is 36.8 Å². The number of carbonyl (C=O) groups excluding carboxylic acids is 1. The Morgan fingerprint density at radius 3 is 2.45 bits per heavy atom. The van der Waals surface area contributed by atoms with Crippen LogP contribution in [0.1, 0.15) is 25.7 Å². The highest BCUT2D eigenvalue weighted by Gasteiger charge is 2.43. The zero-order valence-electron chi connectivity index (χ0n) is 12.4. The number of amides is 1. The normalized spacial score (nSPS) is 26.1. The van der Waals surface area contributed by atoms with E-state index in [-0.39, 0.29) is 11.8 Å². The summed E-state index contributed by atoms with van der Waals surface area (Å²) in [6, 6.07) is 9.84. The fourth-order valence-corrected chi connectivity index (χ4v) is 3.93. The average molecular weight is 293 g/mol. The minimum atomic E-state index is 0.142. The number of benzene rings is 1. The number of nitrogens with one attached hydrogen (secondary N) is 1. The van der Waals surface area contributed by atoms with Crippen molar-refractivity contribution in [3.05, 3.63) is 42.7 Å². The molecule has 1 N–H and O–H groups in total. The van der Waals surface area contributed by atoms with Crippen LogP contribution in [0.25, 0.3) is 11.4 Å². The molecular weight excluding hydrogens is 274 g/mol. The third-order valence-electron chi connectivity index (χ3n) is 5.03. The van der Waals surface area contributed by atoms with E-state index >= 15 is 0 Å². The summed E-state index contributed by atoms with van der Waals surface area (Å²) in [5.41, 5.74) is 1.67. The van der Waals surface area contributed by atoms with Crippen molar-refractivity contribution < 1.29 is 4.79 Å². The number of nitrogens with zero attached hydrogens (tertiary/aromatic N) is 2. The van der Waals surface area contributed by atoms with E-state index < -0.39 is 0 Å². The molecule has 4 rings (SSSR count). The van der Waals surface area contributed by atoms with Crippen LogP contribution in [0, 0.1) is 17.8 Å². The van der Waals surface area contributed by atoms with E-state index in [0.29, 0.717) is 17.4 Å². The number of anilines is 1. The van der Waals surface area contributed by atoms with E-state index in [1.54, 1.807) is 12.4 Å². The molecule has 2 aliphatic rings. The lowest BCUT2D eigenvalue weighted by atomic mass is 9.88. The maximum atomic E-state index is 12.4. The molecule has 2 fully saturated rings. The van der Waals surface area contributed by atoms with Gasteiger partial charge >= 0.3 is 0 Å². The summed E-state index contributed by atoms with van der Waals surface area (Å²) < 4.78 is 0. The second-order valence-electron chi connectivity index (χ2n) is 6.43. The lowest BCUT2D eigenvalue weighted by Gasteiger charge is -2.20. The van der Waals surface area contributed by atoms with E-state index in [2.05, 4.69) is 15.3 Å². The number of hydrogen-bond donors (Lipinski definition) is 1. The molecule has 4 heteroatoms. The molecule has 1 amide bonds. The van der Waals surface area contributed by atoms with E-state index in [4.69, 9.17) is 0 Å². The molecule has 3 unspecified atom stereocenters. The summed E-state index contributed by atoms with van der Waals surface area (Å²) in [5, 5.41) is 2.98. The molecule has 2 bridgehead atoms. The van der Waals surface area contributed by atoms with Gasteiger partial charge in [-0.15, -0.1) is 0 Å². The SMILES string of the molecule is O=C(Nc1cnc(-c2ccccc2)nc1)C1CC2CCC1C2. The Balaban J connectivity index is 1.44. The number of hydrogen-bond acceptors (Lipinski definition) is 3. The molecule has 1 aromatic heterocycles. The number of carbonyl (C=O) groups is 1. The molecule has 2 aromatic rings. The highest BCUT2D eigenvalue weighted by molar-refractivity contribution is 5.92. The molecule has 1 aromatic carbocycles. The van der Waals surface area contributed by atoms with Gasteiger partial charge in [-0.3, -0.25) is 4.79 Å². The Bertz CT molecular complexity index is 668. The lowest BCUT2D eigenvalue weighted by Crippen LogP contribution is -2.27. The van der Waals surface area contributed by atoms with Crippen LogP contribution >= 0.6 is 0 Å². The van der Waals surface area contributed by atoms with Crippen LogP contribution in [0.5, 0.6) is 0 Å². The first-order chi connectivity index (χ1) is 10.8. The summed E-state index contributed by atoms with van der Waals surface area (Å²) in [6.07, 6.45) is 8.21. The molecule has 22 heavy (non-hydrogen) atoms. The van der Waals surface area contributed by atoms with Crippen molar-refractivity contribution in [1.29, 1.82) is 0 Å². The quantitative estimate of drug-likeness (QED) is 0.942. The zero-order valence-corrected chi connectivity index (χ0v) is 12.4. The molecule has 0 spiro atoms. The zero-order chi connectivity index (χ0) is 14.9. The third kappa shape index (κ3) is 2.49. The van der Waals surface area contributed by atoms with Gasteiger partial charge in [-0.2, -0.15) is 0 Å². The predicted molar refractivity (Wildman–Crippen MR) is 85.0 cm³/mol.